The monoisotopic (exact) mass is 364 g/mol. The van der Waals surface area contributed by atoms with Gasteiger partial charge in [0.25, 0.3) is 5.69 Å². The number of carbonyl (C=O) groups is 1. The molecule has 1 amide bonds. The van der Waals surface area contributed by atoms with E-state index in [0.29, 0.717) is 22.2 Å². The maximum Gasteiger partial charge on any atom is 0.276 e. The van der Waals surface area contributed by atoms with Crippen LogP contribution in [0.2, 0.25) is 10.0 Å². The number of nitrogens with zero attached hydrogens (tertiary/aromatic N) is 2. The van der Waals surface area contributed by atoms with Gasteiger partial charge in [-0.05, 0) is 29.8 Å². The van der Waals surface area contributed by atoms with Gasteiger partial charge in [-0.3, -0.25) is 14.9 Å². The van der Waals surface area contributed by atoms with Crippen molar-refractivity contribution in [2.24, 2.45) is 0 Å². The van der Waals surface area contributed by atoms with Gasteiger partial charge < -0.3 is 4.90 Å². The topological polar surface area (TPSA) is 63.5 Å². The van der Waals surface area contributed by atoms with Crippen LogP contribution in [0.5, 0.6) is 0 Å². The Balaban J connectivity index is 2.08. The molecule has 2 aromatic carbocycles. The first-order valence-electron chi connectivity index (χ1n) is 6.99. The summed E-state index contributed by atoms with van der Waals surface area (Å²) in [7, 11) is 1.63. The standard InChI is InChI=1S/C17H14Cl2N2O3/c1-20(11-12-6-8-14(18)15(19)10-12)17(22)9-7-13-4-2-3-5-16(13)21(23)24/h2-10H,11H2,1H3/b9-7+. The number of amides is 1. The number of nitro benzene ring substituents is 1. The Morgan fingerprint density at radius 3 is 2.58 bits per heavy atom. The summed E-state index contributed by atoms with van der Waals surface area (Å²) >= 11 is 11.8. The van der Waals surface area contributed by atoms with Crippen molar-refractivity contribution < 1.29 is 9.72 Å². The molecule has 0 heterocycles. The fraction of sp³-hybridized carbons (Fsp3) is 0.118. The van der Waals surface area contributed by atoms with Crippen LogP contribution in [0.15, 0.2) is 48.5 Å². The number of hydrogen-bond acceptors (Lipinski definition) is 3. The second kappa shape index (κ2) is 7.95. The lowest BCUT2D eigenvalue weighted by Crippen LogP contribution is -2.24. The number of benzene rings is 2. The van der Waals surface area contributed by atoms with Crippen LogP contribution in [0.1, 0.15) is 11.1 Å². The van der Waals surface area contributed by atoms with E-state index in [9.17, 15) is 14.9 Å². The van der Waals surface area contributed by atoms with Gasteiger partial charge in [0.15, 0.2) is 0 Å². The van der Waals surface area contributed by atoms with Gasteiger partial charge in [0, 0.05) is 25.7 Å². The van der Waals surface area contributed by atoms with Crippen molar-refractivity contribution >= 4 is 40.9 Å². The molecule has 7 heteroatoms. The molecule has 0 bridgehead atoms. The van der Waals surface area contributed by atoms with Crippen molar-refractivity contribution in [3.63, 3.8) is 0 Å². The van der Waals surface area contributed by atoms with Crippen molar-refractivity contribution in [2.75, 3.05) is 7.05 Å². The van der Waals surface area contributed by atoms with Crippen LogP contribution in [0, 0.1) is 10.1 Å². The number of carbonyl (C=O) groups excluding carboxylic acids is 1. The average Bonchev–Trinajstić information content (AvgIpc) is 2.56. The maximum atomic E-state index is 12.2. The molecule has 0 saturated carbocycles. The van der Waals surface area contributed by atoms with E-state index in [1.165, 1.54) is 23.1 Å². The minimum atomic E-state index is -0.483. The van der Waals surface area contributed by atoms with Crippen LogP contribution >= 0.6 is 23.2 Å². The fourth-order valence-electron chi connectivity index (χ4n) is 2.07. The molecular formula is C17H14Cl2N2O3. The Kier molecular flexibility index (Phi) is 5.95. The molecule has 0 fully saturated rings. The summed E-state index contributed by atoms with van der Waals surface area (Å²) in [5.41, 5.74) is 1.16. The molecule has 0 unspecified atom stereocenters. The Hall–Kier alpha value is -2.37. The van der Waals surface area contributed by atoms with E-state index in [1.54, 1.807) is 43.4 Å². The van der Waals surface area contributed by atoms with E-state index in [2.05, 4.69) is 0 Å². The molecule has 0 aliphatic carbocycles. The van der Waals surface area contributed by atoms with Crippen LogP contribution in [0.25, 0.3) is 6.08 Å². The summed E-state index contributed by atoms with van der Waals surface area (Å²) in [5, 5.41) is 11.8. The normalized spacial score (nSPS) is 10.8. The molecule has 0 spiro atoms. The van der Waals surface area contributed by atoms with Crippen molar-refractivity contribution in [1.82, 2.24) is 4.90 Å². The molecule has 0 aliphatic heterocycles. The highest BCUT2D eigenvalue weighted by molar-refractivity contribution is 6.42. The Morgan fingerprint density at radius 2 is 1.92 bits per heavy atom. The quantitative estimate of drug-likeness (QED) is 0.443. The van der Waals surface area contributed by atoms with E-state index in [0.717, 1.165) is 5.56 Å². The van der Waals surface area contributed by atoms with Crippen molar-refractivity contribution in [3.05, 3.63) is 79.8 Å². The predicted molar refractivity (Wildman–Crippen MR) is 95.1 cm³/mol. The minimum absolute atomic E-state index is 0.0475. The predicted octanol–water partition coefficient (Wildman–Crippen LogP) is 4.57. The molecule has 24 heavy (non-hydrogen) atoms. The second-order valence-electron chi connectivity index (χ2n) is 5.09. The smallest absolute Gasteiger partial charge is 0.276 e. The number of nitro groups is 1. The highest BCUT2D eigenvalue weighted by Gasteiger charge is 2.11. The molecule has 0 atom stereocenters. The van der Waals surface area contributed by atoms with Gasteiger partial charge in [-0.25, -0.2) is 0 Å². The third-order valence-electron chi connectivity index (χ3n) is 3.32. The number of para-hydroxylation sites is 1. The molecular weight excluding hydrogens is 351 g/mol. The molecule has 124 valence electrons. The zero-order valence-corrected chi connectivity index (χ0v) is 14.3. The fourth-order valence-corrected chi connectivity index (χ4v) is 2.39. The summed E-state index contributed by atoms with van der Waals surface area (Å²) in [6.07, 6.45) is 2.74. The Labute approximate surface area is 149 Å². The summed E-state index contributed by atoms with van der Waals surface area (Å²) in [5.74, 6) is -0.278. The minimum Gasteiger partial charge on any atom is -0.338 e. The molecule has 0 aliphatic rings. The number of rotatable bonds is 5. The summed E-state index contributed by atoms with van der Waals surface area (Å²) in [4.78, 5) is 24.1. The van der Waals surface area contributed by atoms with E-state index in [4.69, 9.17) is 23.2 Å². The molecule has 5 nitrogen and oxygen atoms in total. The lowest BCUT2D eigenvalue weighted by molar-refractivity contribution is -0.385. The highest BCUT2D eigenvalue weighted by atomic mass is 35.5. The van der Waals surface area contributed by atoms with Crippen molar-refractivity contribution in [1.29, 1.82) is 0 Å². The van der Waals surface area contributed by atoms with Crippen molar-refractivity contribution in [2.45, 2.75) is 6.54 Å². The largest absolute Gasteiger partial charge is 0.338 e. The van der Waals surface area contributed by atoms with E-state index in [1.807, 2.05) is 0 Å². The molecule has 0 radical (unpaired) electrons. The van der Waals surface area contributed by atoms with Crippen LogP contribution in [0.4, 0.5) is 5.69 Å². The summed E-state index contributed by atoms with van der Waals surface area (Å²) in [6.45, 7) is 0.344. The Bertz CT molecular complexity index is 806. The third kappa shape index (κ3) is 4.57. The number of halogens is 2. The van der Waals surface area contributed by atoms with Crippen LogP contribution in [0.3, 0.4) is 0 Å². The molecule has 2 rings (SSSR count). The van der Waals surface area contributed by atoms with Crippen molar-refractivity contribution in [3.8, 4) is 0 Å². The van der Waals surface area contributed by atoms with Crippen LogP contribution in [-0.2, 0) is 11.3 Å². The first-order valence-corrected chi connectivity index (χ1v) is 7.74. The van der Waals surface area contributed by atoms with E-state index < -0.39 is 4.92 Å². The van der Waals surface area contributed by atoms with Gasteiger partial charge in [-0.2, -0.15) is 0 Å². The summed E-state index contributed by atoms with van der Waals surface area (Å²) in [6, 6.07) is 11.4. The third-order valence-corrected chi connectivity index (χ3v) is 4.06. The SMILES string of the molecule is CN(Cc1ccc(Cl)c(Cl)c1)C(=O)/C=C/c1ccccc1[N+](=O)[O-]. The lowest BCUT2D eigenvalue weighted by atomic mass is 10.1. The first-order chi connectivity index (χ1) is 11.4. The Morgan fingerprint density at radius 1 is 1.21 bits per heavy atom. The van der Waals surface area contributed by atoms with Gasteiger partial charge in [0.1, 0.15) is 0 Å². The van der Waals surface area contributed by atoms with Crippen LogP contribution < -0.4 is 0 Å². The van der Waals surface area contributed by atoms with E-state index >= 15 is 0 Å². The average molecular weight is 365 g/mol. The first kappa shape index (κ1) is 18.0. The van der Waals surface area contributed by atoms with Gasteiger partial charge in [0.2, 0.25) is 5.91 Å². The van der Waals surface area contributed by atoms with Gasteiger partial charge in [0.05, 0.1) is 20.5 Å². The summed E-state index contributed by atoms with van der Waals surface area (Å²) < 4.78 is 0. The van der Waals surface area contributed by atoms with Gasteiger partial charge in [-0.1, -0.05) is 41.4 Å². The maximum absolute atomic E-state index is 12.2. The molecule has 0 N–H and O–H groups in total. The second-order valence-corrected chi connectivity index (χ2v) is 5.91. The number of hydrogen-bond donors (Lipinski definition) is 0. The molecule has 2 aromatic rings. The number of likely N-dealkylation sites (N-methyl/N-ethyl adjacent to an activating group) is 1. The lowest BCUT2D eigenvalue weighted by Gasteiger charge is -2.15. The highest BCUT2D eigenvalue weighted by Crippen LogP contribution is 2.23. The zero-order chi connectivity index (χ0) is 17.7. The molecule has 0 saturated heterocycles. The molecule has 0 aromatic heterocycles. The zero-order valence-electron chi connectivity index (χ0n) is 12.8. The van der Waals surface area contributed by atoms with Gasteiger partial charge in [-0.15, -0.1) is 0 Å². The van der Waals surface area contributed by atoms with E-state index in [-0.39, 0.29) is 11.6 Å². The van der Waals surface area contributed by atoms with Gasteiger partial charge >= 0.3 is 0 Å². The van der Waals surface area contributed by atoms with Crippen LogP contribution in [-0.4, -0.2) is 22.8 Å².